The van der Waals surface area contributed by atoms with Crippen molar-refractivity contribution in [3.05, 3.63) is 0 Å². The Labute approximate surface area is 107 Å². The Bertz CT molecular complexity index is 285. The van der Waals surface area contributed by atoms with E-state index in [0.717, 1.165) is 0 Å². The molecule has 0 aromatic carbocycles. The van der Waals surface area contributed by atoms with Crippen LogP contribution in [-0.4, -0.2) is 58.9 Å². The summed E-state index contributed by atoms with van der Waals surface area (Å²) in [6.07, 6.45) is -4.17. The molecule has 0 aromatic heterocycles. The fraction of sp³-hybridized carbons (Fsp3) is 0.917. The highest BCUT2D eigenvalue weighted by atomic mass is 16.6. The Kier molecular flexibility index (Phi) is 5.10. The molecular weight excluding hydrogens is 240 g/mol. The van der Waals surface area contributed by atoms with E-state index < -0.39 is 24.4 Å². The summed E-state index contributed by atoms with van der Waals surface area (Å²) in [5.41, 5.74) is -0.168. The Balaban J connectivity index is 2.37. The van der Waals surface area contributed by atoms with Gasteiger partial charge in [-0.05, 0) is 5.41 Å². The van der Waals surface area contributed by atoms with Crippen LogP contribution in [0.25, 0.3) is 0 Å². The van der Waals surface area contributed by atoms with E-state index in [9.17, 15) is 20.1 Å². The van der Waals surface area contributed by atoms with Gasteiger partial charge in [0, 0.05) is 0 Å². The molecule has 0 radical (unpaired) electrons. The van der Waals surface area contributed by atoms with Crippen LogP contribution in [0.3, 0.4) is 0 Å². The van der Waals surface area contributed by atoms with Crippen molar-refractivity contribution < 1.29 is 29.6 Å². The average molecular weight is 262 g/mol. The van der Waals surface area contributed by atoms with Gasteiger partial charge in [0.05, 0.1) is 13.0 Å². The molecule has 6 heteroatoms. The molecule has 0 spiro atoms. The highest BCUT2D eigenvalue weighted by molar-refractivity contribution is 5.70. The smallest absolute Gasteiger partial charge is 0.306 e. The molecule has 0 saturated carbocycles. The van der Waals surface area contributed by atoms with Gasteiger partial charge in [0.25, 0.3) is 0 Å². The first-order valence-electron chi connectivity index (χ1n) is 6.02. The third-order valence-corrected chi connectivity index (χ3v) is 2.69. The van der Waals surface area contributed by atoms with Crippen molar-refractivity contribution in [1.29, 1.82) is 0 Å². The molecule has 1 heterocycles. The summed E-state index contributed by atoms with van der Waals surface area (Å²) in [6.45, 7) is 5.54. The zero-order valence-corrected chi connectivity index (χ0v) is 11.0. The molecule has 4 atom stereocenters. The first-order valence-corrected chi connectivity index (χ1v) is 6.02. The third-order valence-electron chi connectivity index (χ3n) is 2.69. The molecule has 3 N–H and O–H groups in total. The van der Waals surface area contributed by atoms with Crippen molar-refractivity contribution in [3.63, 3.8) is 0 Å². The van der Waals surface area contributed by atoms with Crippen LogP contribution in [0, 0.1) is 5.41 Å². The molecule has 0 amide bonds. The van der Waals surface area contributed by atoms with Gasteiger partial charge in [-0.1, -0.05) is 20.8 Å². The minimum absolute atomic E-state index is 0.0836. The molecule has 1 rings (SSSR count). The number of carbonyl (C=O) groups is 1. The second-order valence-corrected chi connectivity index (χ2v) is 5.84. The highest BCUT2D eigenvalue weighted by Gasteiger charge is 2.38. The highest BCUT2D eigenvalue weighted by Crippen LogP contribution is 2.20. The first kappa shape index (κ1) is 15.4. The molecule has 0 bridgehead atoms. The van der Waals surface area contributed by atoms with Crippen LogP contribution in [0.2, 0.25) is 0 Å². The molecule has 6 nitrogen and oxygen atoms in total. The van der Waals surface area contributed by atoms with Crippen LogP contribution >= 0.6 is 0 Å². The summed E-state index contributed by atoms with van der Waals surface area (Å²) in [4.78, 5) is 11.5. The van der Waals surface area contributed by atoms with Crippen molar-refractivity contribution in [3.8, 4) is 0 Å². The molecule has 1 fully saturated rings. The van der Waals surface area contributed by atoms with E-state index in [2.05, 4.69) is 0 Å². The number of esters is 1. The average Bonchev–Trinajstić information content (AvgIpc) is 2.22. The van der Waals surface area contributed by atoms with Crippen LogP contribution in [-0.2, 0) is 14.3 Å². The lowest BCUT2D eigenvalue weighted by Crippen LogP contribution is -2.54. The minimum Gasteiger partial charge on any atom is -0.463 e. The fourth-order valence-corrected chi connectivity index (χ4v) is 1.67. The van der Waals surface area contributed by atoms with Crippen LogP contribution in [0.4, 0.5) is 0 Å². The van der Waals surface area contributed by atoms with Crippen LogP contribution < -0.4 is 0 Å². The van der Waals surface area contributed by atoms with Crippen molar-refractivity contribution in [1.82, 2.24) is 0 Å². The lowest BCUT2D eigenvalue weighted by Gasteiger charge is -2.34. The second-order valence-electron chi connectivity index (χ2n) is 5.84. The van der Waals surface area contributed by atoms with E-state index in [1.165, 1.54) is 0 Å². The Morgan fingerprint density at radius 1 is 1.28 bits per heavy atom. The molecule has 0 aromatic rings. The lowest BCUT2D eigenvalue weighted by molar-refractivity contribution is -0.201. The number of aliphatic hydroxyl groups excluding tert-OH is 3. The molecular formula is C12H22O6. The monoisotopic (exact) mass is 262 g/mol. The van der Waals surface area contributed by atoms with Gasteiger partial charge in [0.2, 0.25) is 0 Å². The molecule has 18 heavy (non-hydrogen) atoms. The summed E-state index contributed by atoms with van der Waals surface area (Å²) in [5, 5.41) is 28.3. The molecule has 1 aliphatic rings. The molecule has 0 unspecified atom stereocenters. The number of hydrogen-bond donors (Lipinski definition) is 3. The van der Waals surface area contributed by atoms with Gasteiger partial charge in [0.1, 0.15) is 31.0 Å². The normalized spacial score (nSPS) is 33.2. The number of hydrogen-bond acceptors (Lipinski definition) is 6. The molecule has 0 aliphatic carbocycles. The SMILES string of the molecule is CC(C)(C)CC(=O)OC[C@H]1OC[C@H](O)[C@@H](O)[C@@H]1O. The summed E-state index contributed by atoms with van der Waals surface area (Å²) in [6, 6.07) is 0. The van der Waals surface area contributed by atoms with E-state index >= 15 is 0 Å². The summed E-state index contributed by atoms with van der Waals surface area (Å²) < 4.78 is 10.1. The van der Waals surface area contributed by atoms with Gasteiger partial charge in [-0.3, -0.25) is 4.79 Å². The van der Waals surface area contributed by atoms with Crippen LogP contribution in [0.15, 0.2) is 0 Å². The number of rotatable bonds is 3. The minimum atomic E-state index is -1.27. The second kappa shape index (κ2) is 5.97. The first-order chi connectivity index (χ1) is 8.20. The Morgan fingerprint density at radius 3 is 2.44 bits per heavy atom. The zero-order chi connectivity index (χ0) is 13.9. The topological polar surface area (TPSA) is 96.2 Å². The predicted octanol–water partition coefficient (Wildman–Crippen LogP) is -0.553. The van der Waals surface area contributed by atoms with E-state index in [-0.39, 0.29) is 31.0 Å². The van der Waals surface area contributed by atoms with Gasteiger partial charge < -0.3 is 24.8 Å². The quantitative estimate of drug-likeness (QED) is 0.590. The van der Waals surface area contributed by atoms with Gasteiger partial charge in [-0.25, -0.2) is 0 Å². The van der Waals surface area contributed by atoms with Crippen molar-refractivity contribution in [2.45, 2.75) is 51.6 Å². The summed E-state index contributed by atoms with van der Waals surface area (Å²) >= 11 is 0. The molecule has 1 saturated heterocycles. The lowest BCUT2D eigenvalue weighted by atomic mass is 9.92. The van der Waals surface area contributed by atoms with Gasteiger partial charge in [-0.2, -0.15) is 0 Å². The number of aliphatic hydroxyl groups is 3. The van der Waals surface area contributed by atoms with E-state index in [1.54, 1.807) is 0 Å². The maximum absolute atomic E-state index is 11.5. The van der Waals surface area contributed by atoms with Gasteiger partial charge in [0.15, 0.2) is 0 Å². The largest absolute Gasteiger partial charge is 0.463 e. The predicted molar refractivity (Wildman–Crippen MR) is 62.8 cm³/mol. The van der Waals surface area contributed by atoms with Crippen molar-refractivity contribution in [2.24, 2.45) is 5.41 Å². The van der Waals surface area contributed by atoms with E-state index in [0.29, 0.717) is 0 Å². The van der Waals surface area contributed by atoms with Gasteiger partial charge >= 0.3 is 5.97 Å². The molecule has 1 aliphatic heterocycles. The number of ether oxygens (including phenoxy) is 2. The van der Waals surface area contributed by atoms with E-state index in [4.69, 9.17) is 9.47 Å². The number of carbonyl (C=O) groups excluding carboxylic acids is 1. The van der Waals surface area contributed by atoms with Crippen LogP contribution in [0.1, 0.15) is 27.2 Å². The maximum atomic E-state index is 11.5. The standard InChI is InChI=1S/C12H22O6/c1-12(2,3)4-9(14)18-6-8-11(16)10(15)7(13)5-17-8/h7-8,10-11,13,15-16H,4-6H2,1-3H3/t7-,8+,10+,11+/m0/s1. The fourth-order valence-electron chi connectivity index (χ4n) is 1.67. The van der Waals surface area contributed by atoms with Crippen LogP contribution in [0.5, 0.6) is 0 Å². The Hall–Kier alpha value is -0.690. The van der Waals surface area contributed by atoms with E-state index in [1.807, 2.05) is 20.8 Å². The summed E-state index contributed by atoms with van der Waals surface area (Å²) in [5.74, 6) is -0.376. The Morgan fingerprint density at radius 2 is 1.89 bits per heavy atom. The maximum Gasteiger partial charge on any atom is 0.306 e. The third kappa shape index (κ3) is 4.53. The van der Waals surface area contributed by atoms with Crippen molar-refractivity contribution >= 4 is 5.97 Å². The molecule has 106 valence electrons. The van der Waals surface area contributed by atoms with Gasteiger partial charge in [-0.15, -0.1) is 0 Å². The van der Waals surface area contributed by atoms with Crippen molar-refractivity contribution in [2.75, 3.05) is 13.2 Å². The summed E-state index contributed by atoms with van der Waals surface area (Å²) in [7, 11) is 0. The zero-order valence-electron chi connectivity index (χ0n) is 11.0.